The van der Waals surface area contributed by atoms with Gasteiger partial charge in [-0.05, 0) is 68.7 Å². The third-order valence-corrected chi connectivity index (χ3v) is 6.41. The van der Waals surface area contributed by atoms with Crippen molar-refractivity contribution >= 4 is 15.9 Å². The topological polar surface area (TPSA) is 63.2 Å². The maximum Gasteiger partial charge on any atom is 0.264 e. The maximum absolute atomic E-state index is 12.6. The number of rotatable bonds is 4. The van der Waals surface area contributed by atoms with E-state index in [4.69, 9.17) is 0 Å². The van der Waals surface area contributed by atoms with E-state index in [1.54, 1.807) is 13.8 Å². The van der Waals surface area contributed by atoms with E-state index in [0.717, 1.165) is 36.8 Å². The molecule has 0 spiro atoms. The molecule has 0 aliphatic heterocycles. The minimum Gasteiger partial charge on any atom is -0.274 e. The Kier molecular flexibility index (Phi) is 4.95. The van der Waals surface area contributed by atoms with Gasteiger partial charge in [-0.1, -0.05) is 18.9 Å². The highest BCUT2D eigenvalue weighted by Gasteiger charge is 2.26. The van der Waals surface area contributed by atoms with E-state index >= 15 is 0 Å². The molecule has 0 unspecified atom stereocenters. The predicted octanol–water partition coefficient (Wildman–Crippen LogP) is 3.31. The van der Waals surface area contributed by atoms with E-state index in [2.05, 4.69) is 4.72 Å². The molecule has 0 bridgehead atoms. The summed E-state index contributed by atoms with van der Waals surface area (Å²) in [7, 11) is -3.81. The SMILES string of the molecule is Cc1cc(C)c(C)c(S(=O)(=O)NC(=O)CC2CCCC2)c1C. The van der Waals surface area contributed by atoms with Crippen molar-refractivity contribution in [3.8, 4) is 0 Å². The first kappa shape index (κ1) is 17.0. The van der Waals surface area contributed by atoms with Crippen molar-refractivity contribution in [2.75, 3.05) is 0 Å². The normalized spacial score (nSPS) is 16.0. The van der Waals surface area contributed by atoms with Crippen molar-refractivity contribution in [2.45, 2.75) is 64.7 Å². The molecule has 0 saturated heterocycles. The fourth-order valence-electron chi connectivity index (χ4n) is 3.30. The molecular weight excluding hydrogens is 298 g/mol. The van der Waals surface area contributed by atoms with Gasteiger partial charge in [-0.15, -0.1) is 0 Å². The summed E-state index contributed by atoms with van der Waals surface area (Å²) in [5.74, 6) is -0.0542. The van der Waals surface area contributed by atoms with Crippen LogP contribution in [0.4, 0.5) is 0 Å². The third-order valence-electron chi connectivity index (χ3n) is 4.76. The van der Waals surface area contributed by atoms with E-state index < -0.39 is 10.0 Å². The van der Waals surface area contributed by atoms with Crippen LogP contribution in [0.5, 0.6) is 0 Å². The monoisotopic (exact) mass is 323 g/mol. The Bertz CT molecular complexity index is 660. The van der Waals surface area contributed by atoms with E-state index in [-0.39, 0.29) is 10.8 Å². The lowest BCUT2D eigenvalue weighted by Gasteiger charge is -2.16. The summed E-state index contributed by atoms with van der Waals surface area (Å²) >= 11 is 0. The Morgan fingerprint density at radius 2 is 1.59 bits per heavy atom. The van der Waals surface area contributed by atoms with Gasteiger partial charge in [0.05, 0.1) is 4.90 Å². The summed E-state index contributed by atoms with van der Waals surface area (Å²) < 4.78 is 27.5. The van der Waals surface area contributed by atoms with Gasteiger partial charge in [-0.25, -0.2) is 13.1 Å². The molecule has 1 fully saturated rings. The lowest BCUT2D eigenvalue weighted by Crippen LogP contribution is -2.32. The van der Waals surface area contributed by atoms with Crippen LogP contribution in [0.1, 0.15) is 54.4 Å². The van der Waals surface area contributed by atoms with Gasteiger partial charge in [0.15, 0.2) is 0 Å². The molecule has 5 heteroatoms. The number of hydrogen-bond donors (Lipinski definition) is 1. The van der Waals surface area contributed by atoms with Gasteiger partial charge in [0.25, 0.3) is 10.0 Å². The predicted molar refractivity (Wildman–Crippen MR) is 87.3 cm³/mol. The first-order valence-electron chi connectivity index (χ1n) is 7.85. The fourth-order valence-corrected chi connectivity index (χ4v) is 4.92. The zero-order valence-electron chi connectivity index (χ0n) is 13.8. The van der Waals surface area contributed by atoms with Crippen molar-refractivity contribution in [1.82, 2.24) is 4.72 Å². The van der Waals surface area contributed by atoms with Crippen LogP contribution in [0, 0.1) is 33.6 Å². The number of sulfonamides is 1. The highest BCUT2D eigenvalue weighted by atomic mass is 32.2. The molecule has 1 aromatic carbocycles. The second-order valence-corrected chi connectivity index (χ2v) is 8.09. The van der Waals surface area contributed by atoms with Crippen LogP contribution in [0.15, 0.2) is 11.0 Å². The van der Waals surface area contributed by atoms with Crippen LogP contribution < -0.4 is 4.72 Å². The number of carbonyl (C=O) groups excluding carboxylic acids is 1. The Morgan fingerprint density at radius 1 is 1.09 bits per heavy atom. The second kappa shape index (κ2) is 6.41. The molecule has 1 aliphatic rings. The highest BCUT2D eigenvalue weighted by Crippen LogP contribution is 2.28. The quantitative estimate of drug-likeness (QED) is 0.924. The summed E-state index contributed by atoms with van der Waals surface area (Å²) in [6, 6.07) is 1.98. The molecule has 1 saturated carbocycles. The van der Waals surface area contributed by atoms with Gasteiger partial charge in [0, 0.05) is 6.42 Å². The number of aryl methyl sites for hydroxylation is 2. The standard InChI is InChI=1S/C17H25NO3S/c1-11-9-12(2)14(4)17(13(11)3)22(20,21)18-16(19)10-15-7-5-6-8-15/h9,15H,5-8,10H2,1-4H3,(H,18,19). The fraction of sp³-hybridized carbons (Fsp3) is 0.588. The van der Waals surface area contributed by atoms with Crippen molar-refractivity contribution < 1.29 is 13.2 Å². The molecule has 0 radical (unpaired) electrons. The van der Waals surface area contributed by atoms with Crippen molar-refractivity contribution in [2.24, 2.45) is 5.92 Å². The number of nitrogens with one attached hydrogen (secondary N) is 1. The molecule has 22 heavy (non-hydrogen) atoms. The first-order valence-corrected chi connectivity index (χ1v) is 9.33. The smallest absolute Gasteiger partial charge is 0.264 e. The van der Waals surface area contributed by atoms with Crippen molar-refractivity contribution in [3.63, 3.8) is 0 Å². The van der Waals surface area contributed by atoms with Crippen LogP contribution in [0.2, 0.25) is 0 Å². The molecule has 122 valence electrons. The van der Waals surface area contributed by atoms with Crippen LogP contribution >= 0.6 is 0 Å². The Balaban J connectivity index is 2.25. The van der Waals surface area contributed by atoms with Crippen molar-refractivity contribution in [1.29, 1.82) is 0 Å². The largest absolute Gasteiger partial charge is 0.274 e. The molecule has 4 nitrogen and oxygen atoms in total. The Hall–Kier alpha value is -1.36. The first-order chi connectivity index (χ1) is 10.2. The molecule has 0 aromatic heterocycles. The average molecular weight is 323 g/mol. The Labute approximate surface area is 133 Å². The molecule has 0 atom stereocenters. The molecule has 1 amide bonds. The minimum absolute atomic E-state index is 0.254. The molecule has 1 N–H and O–H groups in total. The Morgan fingerprint density at radius 3 is 2.09 bits per heavy atom. The van der Waals surface area contributed by atoms with Crippen LogP contribution in [-0.2, 0) is 14.8 Å². The lowest BCUT2D eigenvalue weighted by atomic mass is 10.0. The van der Waals surface area contributed by atoms with Gasteiger partial charge in [-0.2, -0.15) is 0 Å². The minimum atomic E-state index is -3.81. The molecular formula is C17H25NO3S. The van der Waals surface area contributed by atoms with E-state index in [0.29, 0.717) is 23.5 Å². The zero-order valence-corrected chi connectivity index (χ0v) is 14.6. The van der Waals surface area contributed by atoms with Crippen LogP contribution in [0.25, 0.3) is 0 Å². The van der Waals surface area contributed by atoms with Crippen molar-refractivity contribution in [3.05, 3.63) is 28.3 Å². The number of amides is 1. The zero-order chi connectivity index (χ0) is 16.5. The van der Waals surface area contributed by atoms with Crippen LogP contribution in [0.3, 0.4) is 0 Å². The molecule has 1 aliphatic carbocycles. The van der Waals surface area contributed by atoms with Gasteiger partial charge >= 0.3 is 0 Å². The summed E-state index contributed by atoms with van der Waals surface area (Å²) in [6.07, 6.45) is 4.63. The van der Waals surface area contributed by atoms with Gasteiger partial charge in [0.2, 0.25) is 5.91 Å². The van der Waals surface area contributed by atoms with Gasteiger partial charge in [0.1, 0.15) is 0 Å². The second-order valence-electron chi connectivity index (χ2n) is 6.47. The van der Waals surface area contributed by atoms with E-state index in [1.165, 1.54) is 0 Å². The molecule has 1 aromatic rings. The highest BCUT2D eigenvalue weighted by molar-refractivity contribution is 7.90. The lowest BCUT2D eigenvalue weighted by molar-refractivity contribution is -0.120. The molecule has 0 heterocycles. The summed E-state index contributed by atoms with van der Waals surface area (Å²) in [5, 5.41) is 0. The molecule has 2 rings (SSSR count). The number of benzene rings is 1. The summed E-state index contributed by atoms with van der Waals surface area (Å²) in [6.45, 7) is 7.36. The van der Waals surface area contributed by atoms with E-state index in [9.17, 15) is 13.2 Å². The number of carbonyl (C=O) groups is 1. The summed E-state index contributed by atoms with van der Waals surface area (Å²) in [5.41, 5.74) is 3.27. The number of hydrogen-bond acceptors (Lipinski definition) is 3. The van der Waals surface area contributed by atoms with Crippen LogP contribution in [-0.4, -0.2) is 14.3 Å². The van der Waals surface area contributed by atoms with E-state index in [1.807, 2.05) is 19.9 Å². The third kappa shape index (κ3) is 3.51. The maximum atomic E-state index is 12.6. The summed E-state index contributed by atoms with van der Waals surface area (Å²) in [4.78, 5) is 12.3. The average Bonchev–Trinajstić information content (AvgIpc) is 2.88. The van der Waals surface area contributed by atoms with Gasteiger partial charge in [-0.3, -0.25) is 4.79 Å². The van der Waals surface area contributed by atoms with Gasteiger partial charge < -0.3 is 0 Å².